The van der Waals surface area contributed by atoms with E-state index >= 15 is 0 Å². The molecular weight excluding hydrogens is 214 g/mol. The lowest BCUT2D eigenvalue weighted by Gasteiger charge is -1.96. The Morgan fingerprint density at radius 1 is 1.40 bits per heavy atom. The molecular formula is C11H8ClNO2. The molecule has 0 aliphatic rings. The molecule has 2 aromatic rings. The molecule has 2 rings (SSSR count). The van der Waals surface area contributed by atoms with Crippen LogP contribution >= 0.6 is 11.6 Å². The normalized spacial score (nSPS) is 10.2. The number of rotatable bonds is 3. The van der Waals surface area contributed by atoms with E-state index in [9.17, 15) is 4.79 Å². The van der Waals surface area contributed by atoms with Crippen molar-refractivity contribution < 1.29 is 9.21 Å². The first-order valence-electron chi connectivity index (χ1n) is 4.44. The highest BCUT2D eigenvalue weighted by Crippen LogP contribution is 2.26. The Hall–Kier alpha value is -1.61. The molecule has 0 bridgehead atoms. The van der Waals surface area contributed by atoms with Gasteiger partial charge in [-0.05, 0) is 12.1 Å². The summed E-state index contributed by atoms with van der Waals surface area (Å²) >= 11 is 5.98. The summed E-state index contributed by atoms with van der Waals surface area (Å²) in [5, 5.41) is 0.581. The summed E-state index contributed by atoms with van der Waals surface area (Å²) < 4.78 is 5.23. The van der Waals surface area contributed by atoms with Gasteiger partial charge in [0.05, 0.1) is 16.3 Å². The molecule has 76 valence electrons. The topological polar surface area (TPSA) is 43.1 Å². The number of aromatic nitrogens is 1. The number of hydrogen-bond acceptors (Lipinski definition) is 3. The maximum Gasteiger partial charge on any atom is 0.227 e. The first-order valence-corrected chi connectivity index (χ1v) is 4.82. The third kappa shape index (κ3) is 2.07. The molecule has 0 radical (unpaired) electrons. The molecule has 0 saturated carbocycles. The molecule has 0 atom stereocenters. The van der Waals surface area contributed by atoms with Crippen LogP contribution < -0.4 is 0 Å². The van der Waals surface area contributed by atoms with Crippen molar-refractivity contribution in [2.45, 2.75) is 6.42 Å². The van der Waals surface area contributed by atoms with Crippen LogP contribution in [0.15, 0.2) is 34.9 Å². The Morgan fingerprint density at radius 2 is 2.20 bits per heavy atom. The van der Waals surface area contributed by atoms with Gasteiger partial charge in [-0.25, -0.2) is 4.98 Å². The highest BCUT2D eigenvalue weighted by molar-refractivity contribution is 6.33. The highest BCUT2D eigenvalue weighted by Gasteiger charge is 2.09. The Kier molecular flexibility index (Phi) is 2.83. The minimum Gasteiger partial charge on any atom is -0.444 e. The van der Waals surface area contributed by atoms with Crippen molar-refractivity contribution in [3.8, 4) is 11.5 Å². The molecule has 0 fully saturated rings. The number of nitrogens with zero attached hydrogens (tertiary/aromatic N) is 1. The second-order valence-corrected chi connectivity index (χ2v) is 3.40. The average molecular weight is 222 g/mol. The number of carbonyl (C=O) groups excluding carboxylic acids is 1. The fraction of sp³-hybridized carbons (Fsp3) is 0.0909. The zero-order valence-corrected chi connectivity index (χ0v) is 8.57. The van der Waals surface area contributed by atoms with E-state index in [4.69, 9.17) is 16.0 Å². The van der Waals surface area contributed by atoms with Crippen LogP contribution in [0.4, 0.5) is 0 Å². The van der Waals surface area contributed by atoms with Crippen LogP contribution in [0.25, 0.3) is 11.5 Å². The van der Waals surface area contributed by atoms with Gasteiger partial charge in [0.2, 0.25) is 5.89 Å². The zero-order valence-electron chi connectivity index (χ0n) is 7.81. The molecule has 1 aromatic heterocycles. The van der Waals surface area contributed by atoms with E-state index in [0.717, 1.165) is 11.8 Å². The van der Waals surface area contributed by atoms with Gasteiger partial charge < -0.3 is 9.21 Å². The summed E-state index contributed by atoms with van der Waals surface area (Å²) in [6, 6.07) is 7.27. The van der Waals surface area contributed by atoms with E-state index in [1.165, 1.54) is 6.26 Å². The molecule has 0 spiro atoms. The number of hydrogen-bond donors (Lipinski definition) is 0. The molecule has 0 amide bonds. The molecule has 0 saturated heterocycles. The van der Waals surface area contributed by atoms with Crippen LogP contribution in [0, 0.1) is 0 Å². The van der Waals surface area contributed by atoms with Crippen LogP contribution in [0.1, 0.15) is 5.69 Å². The van der Waals surface area contributed by atoms with Crippen LogP contribution in [-0.4, -0.2) is 11.3 Å². The highest BCUT2D eigenvalue weighted by atomic mass is 35.5. The molecule has 1 aromatic carbocycles. The number of aldehydes is 1. The first-order chi connectivity index (χ1) is 7.31. The lowest BCUT2D eigenvalue weighted by Crippen LogP contribution is -1.85. The van der Waals surface area contributed by atoms with Gasteiger partial charge >= 0.3 is 0 Å². The van der Waals surface area contributed by atoms with Gasteiger partial charge in [-0.3, -0.25) is 0 Å². The second kappa shape index (κ2) is 4.28. The predicted octanol–water partition coefficient (Wildman–Crippen LogP) is 2.74. The Balaban J connectivity index is 2.37. The van der Waals surface area contributed by atoms with E-state index in [1.807, 2.05) is 18.2 Å². The monoisotopic (exact) mass is 221 g/mol. The standard InChI is InChI=1S/C11H8ClNO2/c12-10-4-2-1-3-9(10)11-13-8(5-6-14)7-15-11/h1-4,6-7H,5H2. The van der Waals surface area contributed by atoms with E-state index in [1.54, 1.807) is 6.07 Å². The van der Waals surface area contributed by atoms with Crippen LogP contribution in [0.2, 0.25) is 5.02 Å². The van der Waals surface area contributed by atoms with Gasteiger partial charge in [-0.1, -0.05) is 23.7 Å². The van der Waals surface area contributed by atoms with Gasteiger partial charge in [0, 0.05) is 6.42 Å². The van der Waals surface area contributed by atoms with Gasteiger partial charge in [0.15, 0.2) is 0 Å². The molecule has 1 heterocycles. The van der Waals surface area contributed by atoms with E-state index in [2.05, 4.69) is 4.98 Å². The molecule has 0 N–H and O–H groups in total. The fourth-order valence-corrected chi connectivity index (χ4v) is 1.46. The Bertz CT molecular complexity index is 479. The summed E-state index contributed by atoms with van der Waals surface area (Å²) in [5.74, 6) is 0.442. The molecule has 15 heavy (non-hydrogen) atoms. The predicted molar refractivity (Wildman–Crippen MR) is 56.7 cm³/mol. The lowest BCUT2D eigenvalue weighted by atomic mass is 10.2. The second-order valence-electron chi connectivity index (χ2n) is 2.99. The number of halogens is 1. The average Bonchev–Trinajstić information content (AvgIpc) is 2.68. The Morgan fingerprint density at radius 3 is 2.93 bits per heavy atom. The maximum atomic E-state index is 10.3. The minimum atomic E-state index is 0.258. The Labute approximate surface area is 91.7 Å². The quantitative estimate of drug-likeness (QED) is 0.749. The molecule has 3 nitrogen and oxygen atoms in total. The van der Waals surface area contributed by atoms with Crippen LogP contribution in [0.5, 0.6) is 0 Å². The van der Waals surface area contributed by atoms with Crippen molar-refractivity contribution in [1.29, 1.82) is 0 Å². The van der Waals surface area contributed by atoms with Crippen molar-refractivity contribution in [3.63, 3.8) is 0 Å². The molecule has 0 aliphatic heterocycles. The first kappa shape index (κ1) is 9.93. The van der Waals surface area contributed by atoms with Gasteiger partial charge in [0.1, 0.15) is 12.5 Å². The summed E-state index contributed by atoms with van der Waals surface area (Å²) in [5.41, 5.74) is 1.34. The summed E-state index contributed by atoms with van der Waals surface area (Å²) in [7, 11) is 0. The lowest BCUT2D eigenvalue weighted by molar-refractivity contribution is -0.107. The van der Waals surface area contributed by atoms with E-state index in [0.29, 0.717) is 16.6 Å². The SMILES string of the molecule is O=CCc1coc(-c2ccccc2Cl)n1. The largest absolute Gasteiger partial charge is 0.444 e. The van der Waals surface area contributed by atoms with Crippen molar-refractivity contribution >= 4 is 17.9 Å². The maximum absolute atomic E-state index is 10.3. The van der Waals surface area contributed by atoms with E-state index in [-0.39, 0.29) is 6.42 Å². The number of carbonyl (C=O) groups is 1. The number of oxazole rings is 1. The van der Waals surface area contributed by atoms with Gasteiger partial charge in [-0.2, -0.15) is 0 Å². The minimum absolute atomic E-state index is 0.258. The van der Waals surface area contributed by atoms with Crippen molar-refractivity contribution in [3.05, 3.63) is 41.2 Å². The summed E-state index contributed by atoms with van der Waals surface area (Å²) in [4.78, 5) is 14.4. The molecule has 0 aliphatic carbocycles. The summed E-state index contributed by atoms with van der Waals surface area (Å²) in [6.45, 7) is 0. The van der Waals surface area contributed by atoms with Crippen molar-refractivity contribution in [2.75, 3.05) is 0 Å². The van der Waals surface area contributed by atoms with Crippen molar-refractivity contribution in [2.24, 2.45) is 0 Å². The third-order valence-corrected chi connectivity index (χ3v) is 2.28. The molecule has 4 heteroatoms. The third-order valence-electron chi connectivity index (χ3n) is 1.95. The smallest absolute Gasteiger partial charge is 0.227 e. The van der Waals surface area contributed by atoms with Crippen LogP contribution in [-0.2, 0) is 11.2 Å². The van der Waals surface area contributed by atoms with Crippen LogP contribution in [0.3, 0.4) is 0 Å². The van der Waals surface area contributed by atoms with Gasteiger partial charge in [0.25, 0.3) is 0 Å². The fourth-order valence-electron chi connectivity index (χ4n) is 1.24. The van der Waals surface area contributed by atoms with Gasteiger partial charge in [-0.15, -0.1) is 0 Å². The van der Waals surface area contributed by atoms with Crippen molar-refractivity contribution in [1.82, 2.24) is 4.98 Å². The summed E-state index contributed by atoms with van der Waals surface area (Å²) in [6.07, 6.45) is 2.51. The number of benzene rings is 1. The molecule has 0 unspecified atom stereocenters. The zero-order chi connectivity index (χ0) is 10.7. The van der Waals surface area contributed by atoms with E-state index < -0.39 is 0 Å².